The molecule has 2 amide bonds. The van der Waals surface area contributed by atoms with Crippen LogP contribution in [0.15, 0.2) is 107 Å². The van der Waals surface area contributed by atoms with E-state index < -0.39 is 25.7 Å². The molecule has 280 valence electrons. The second-order valence-electron chi connectivity index (χ2n) is 15.3. The zero-order chi connectivity index (χ0) is 38.7. The summed E-state index contributed by atoms with van der Waals surface area (Å²) in [5.41, 5.74) is 7.30. The van der Waals surface area contributed by atoms with Crippen LogP contribution in [-0.4, -0.2) is 56.2 Å². The molecule has 0 unspecified atom stereocenters. The molecule has 0 spiro atoms. The summed E-state index contributed by atoms with van der Waals surface area (Å²) in [7, 11) is -6.82. The summed E-state index contributed by atoms with van der Waals surface area (Å²) >= 11 is 0. The molecule has 0 saturated heterocycles. The van der Waals surface area contributed by atoms with Crippen molar-refractivity contribution in [3.05, 3.63) is 108 Å². The Morgan fingerprint density at radius 1 is 0.615 bits per heavy atom. The maximum atomic E-state index is 12.4. The summed E-state index contributed by atoms with van der Waals surface area (Å²) in [6.07, 6.45) is 3.60. The Balaban J connectivity index is 0.000000280. The average molecular weight is 750 g/mol. The minimum absolute atomic E-state index is 0.0232. The van der Waals surface area contributed by atoms with E-state index in [4.69, 9.17) is 5.73 Å². The Kier molecular flexibility index (Phi) is 14.4. The number of nitrogens with two attached hydrogens (primary N) is 1. The van der Waals surface area contributed by atoms with Gasteiger partial charge in [-0.15, -0.1) is 0 Å². The molecule has 2 atom stereocenters. The van der Waals surface area contributed by atoms with Crippen molar-refractivity contribution < 1.29 is 26.4 Å². The van der Waals surface area contributed by atoms with Gasteiger partial charge in [0.05, 0.1) is 27.3 Å². The van der Waals surface area contributed by atoms with Crippen molar-refractivity contribution in [3.8, 4) is 0 Å². The largest absolute Gasteiger partial charge is 0.320 e. The summed E-state index contributed by atoms with van der Waals surface area (Å²) in [6, 6.07) is 24.5. The third-order valence-electron chi connectivity index (χ3n) is 7.41. The zero-order valence-electron chi connectivity index (χ0n) is 31.0. The molecule has 0 aliphatic carbocycles. The van der Waals surface area contributed by atoms with E-state index in [-0.39, 0.29) is 55.7 Å². The Labute approximate surface area is 308 Å². The van der Waals surface area contributed by atoms with Crippen molar-refractivity contribution in [1.29, 1.82) is 0 Å². The minimum Gasteiger partial charge on any atom is -0.320 e. The number of sulfone groups is 2. The number of anilines is 2. The van der Waals surface area contributed by atoms with Gasteiger partial charge in [0.25, 0.3) is 0 Å². The van der Waals surface area contributed by atoms with Crippen LogP contribution >= 0.6 is 0 Å². The predicted molar refractivity (Wildman–Crippen MR) is 206 cm³/mol. The van der Waals surface area contributed by atoms with Crippen molar-refractivity contribution in [2.75, 3.05) is 22.1 Å². The normalized spacial score (nSPS) is 13.2. The van der Waals surface area contributed by atoms with Crippen LogP contribution in [0.1, 0.15) is 59.6 Å². The molecule has 4 aromatic rings. The molecule has 0 saturated carbocycles. The fourth-order valence-electron chi connectivity index (χ4n) is 5.07. The summed E-state index contributed by atoms with van der Waals surface area (Å²) in [5, 5.41) is 5.36. The van der Waals surface area contributed by atoms with Gasteiger partial charge in [0.15, 0.2) is 19.7 Å². The van der Waals surface area contributed by atoms with Crippen molar-refractivity contribution in [3.63, 3.8) is 0 Å². The average Bonchev–Trinajstić information content (AvgIpc) is 3.04. The van der Waals surface area contributed by atoms with Crippen molar-refractivity contribution in [2.24, 2.45) is 22.5 Å². The quantitative estimate of drug-likeness (QED) is 0.154. The van der Waals surface area contributed by atoms with Gasteiger partial charge in [0.1, 0.15) is 11.6 Å². The number of hydrogen-bond acceptors (Lipinski definition) is 9. The maximum Gasteiger partial charge on any atom is 0.242 e. The molecule has 0 radical (unpaired) electrons. The molecule has 2 aromatic heterocycles. The zero-order valence-corrected chi connectivity index (χ0v) is 32.6. The Hall–Kier alpha value is -4.46. The number of carbonyl (C=O) groups excluding carboxylic acids is 2. The Morgan fingerprint density at radius 3 is 1.37 bits per heavy atom. The molecule has 4 rings (SSSR count). The Bertz CT molecular complexity index is 1830. The van der Waals surface area contributed by atoms with Crippen LogP contribution < -0.4 is 16.4 Å². The fraction of sp³-hybridized carbons (Fsp3) is 0.385. The minimum atomic E-state index is -3.42. The highest BCUT2D eigenvalue weighted by Gasteiger charge is 2.25. The SMILES string of the molecule is CC(C)(C)CS(=O)(=O)c1ccc(NC(=O)[C@@H](N)Cc2ccccc2)nc1.C[C@@H](Cc1ccccc1)C(=O)Nc1ccc(S(=O)(=O)CC(C)(C)C)cn1. The van der Waals surface area contributed by atoms with E-state index in [0.29, 0.717) is 18.7 Å². The highest BCUT2D eigenvalue weighted by molar-refractivity contribution is 7.91. The first-order chi connectivity index (χ1) is 24.1. The van der Waals surface area contributed by atoms with Gasteiger partial charge in [-0.3, -0.25) is 9.59 Å². The second kappa shape index (κ2) is 17.8. The lowest BCUT2D eigenvalue weighted by Gasteiger charge is -2.18. The number of nitrogens with one attached hydrogen (secondary N) is 2. The first-order valence-electron chi connectivity index (χ1n) is 17.0. The van der Waals surface area contributed by atoms with E-state index in [9.17, 15) is 26.4 Å². The number of rotatable bonds is 12. The van der Waals surface area contributed by atoms with Gasteiger partial charge in [-0.1, -0.05) is 109 Å². The Morgan fingerprint density at radius 2 is 1.00 bits per heavy atom. The monoisotopic (exact) mass is 749 g/mol. The number of benzene rings is 2. The lowest BCUT2D eigenvalue weighted by molar-refractivity contribution is -0.119. The van der Waals surface area contributed by atoms with Crippen molar-refractivity contribution in [1.82, 2.24) is 9.97 Å². The van der Waals surface area contributed by atoms with Crippen molar-refractivity contribution >= 4 is 43.1 Å². The number of hydrogen-bond donors (Lipinski definition) is 3. The molecule has 4 N–H and O–H groups in total. The number of nitrogens with zero attached hydrogens (tertiary/aromatic N) is 2. The molecular weight excluding hydrogens is 699 g/mol. The number of pyridine rings is 2. The summed E-state index contributed by atoms with van der Waals surface area (Å²) in [4.78, 5) is 32.9. The van der Waals surface area contributed by atoms with Crippen molar-refractivity contribution in [2.45, 2.75) is 77.1 Å². The van der Waals surface area contributed by atoms with Crippen LogP contribution in [0.25, 0.3) is 0 Å². The van der Waals surface area contributed by atoms with Crippen LogP contribution in [0.4, 0.5) is 11.6 Å². The molecule has 0 fully saturated rings. The fourth-order valence-corrected chi connectivity index (χ4v) is 8.66. The van der Waals surface area contributed by atoms with E-state index in [1.165, 1.54) is 36.7 Å². The number of amides is 2. The number of carbonyl (C=O) groups is 2. The molecule has 0 bridgehead atoms. The van der Waals surface area contributed by atoms with E-state index in [2.05, 4.69) is 20.6 Å². The topological polar surface area (TPSA) is 178 Å². The van der Waals surface area contributed by atoms with E-state index >= 15 is 0 Å². The smallest absolute Gasteiger partial charge is 0.242 e. The summed E-state index contributed by atoms with van der Waals surface area (Å²) < 4.78 is 49.4. The highest BCUT2D eigenvalue weighted by atomic mass is 32.2. The van der Waals surface area contributed by atoms with Crippen LogP contribution in [0.5, 0.6) is 0 Å². The molecule has 0 aliphatic rings. The van der Waals surface area contributed by atoms with Gasteiger partial charge in [0, 0.05) is 18.3 Å². The molecule has 11 nitrogen and oxygen atoms in total. The maximum absolute atomic E-state index is 12.4. The van der Waals surface area contributed by atoms with Crippen LogP contribution in [0.2, 0.25) is 0 Å². The lowest BCUT2D eigenvalue weighted by atomic mass is 10.0. The molecule has 52 heavy (non-hydrogen) atoms. The van der Waals surface area contributed by atoms with E-state index in [0.717, 1.165) is 11.1 Å². The van der Waals surface area contributed by atoms with Gasteiger partial charge < -0.3 is 16.4 Å². The molecule has 13 heteroatoms. The molecular formula is C39H51N5O6S2. The number of aromatic nitrogens is 2. The summed E-state index contributed by atoms with van der Waals surface area (Å²) in [5.74, 6) is -0.0451. The van der Waals surface area contributed by atoms with E-state index in [1.807, 2.05) is 109 Å². The first kappa shape index (κ1) is 42.0. The van der Waals surface area contributed by atoms with Gasteiger partial charge >= 0.3 is 0 Å². The summed E-state index contributed by atoms with van der Waals surface area (Å²) in [6.45, 7) is 13.1. The van der Waals surface area contributed by atoms with Crippen LogP contribution in [0.3, 0.4) is 0 Å². The molecule has 0 aliphatic heterocycles. The standard InChI is InChI=1S/C20H26N2O3S.C19H25N3O3S/c1-15(12-16-8-6-5-7-9-16)19(23)22-18-11-10-17(13-21-18)26(24,25)14-20(2,3)4;1-19(2,3)13-26(24,25)15-9-10-17(21-12-15)22-18(23)16(20)11-14-7-5-4-6-8-14/h5-11,13,15H,12,14H2,1-4H3,(H,21,22,23);4-10,12,16H,11,13,20H2,1-3H3,(H,21,22,23)/t15-;16-/m00/s1. The highest BCUT2D eigenvalue weighted by Crippen LogP contribution is 2.23. The predicted octanol–water partition coefficient (Wildman–Crippen LogP) is 6.13. The van der Waals surface area contributed by atoms with Gasteiger partial charge in [-0.25, -0.2) is 26.8 Å². The van der Waals surface area contributed by atoms with E-state index in [1.54, 1.807) is 0 Å². The third-order valence-corrected chi connectivity index (χ3v) is 11.8. The first-order valence-corrected chi connectivity index (χ1v) is 20.3. The van der Waals surface area contributed by atoms with Crippen LogP contribution in [0, 0.1) is 16.7 Å². The van der Waals surface area contributed by atoms with Crippen LogP contribution in [-0.2, 0) is 42.1 Å². The van der Waals surface area contributed by atoms with Gasteiger partial charge in [-0.2, -0.15) is 0 Å². The lowest BCUT2D eigenvalue weighted by Crippen LogP contribution is -2.37. The molecule has 2 aromatic carbocycles. The molecule has 2 heterocycles. The second-order valence-corrected chi connectivity index (χ2v) is 19.2. The van der Waals surface area contributed by atoms with Gasteiger partial charge in [-0.05, 0) is 59.1 Å². The third kappa shape index (κ3) is 14.3. The van der Waals surface area contributed by atoms with Gasteiger partial charge in [0.2, 0.25) is 11.8 Å².